The van der Waals surface area contributed by atoms with Gasteiger partial charge >= 0.3 is 13.5 Å². The largest absolute Gasteiger partial charge is 0.556 e. The molecule has 0 aliphatic rings. The van der Waals surface area contributed by atoms with Gasteiger partial charge in [0.25, 0.3) is 0 Å². The fraction of sp³-hybridized carbons (Fsp3) is 0.214. The maximum absolute atomic E-state index is 9.61. The molecule has 0 unspecified atom stereocenters. The first kappa shape index (κ1) is 30.5. The summed E-state index contributed by atoms with van der Waals surface area (Å²) >= 11 is 0. The van der Waals surface area contributed by atoms with Gasteiger partial charge in [0.05, 0.1) is 22.8 Å². The SMILES string of the molecule is O[B-](O)(O)c1ccccc1CNCc1cccc(CNCc2cccc(CNCc3ccccc3[B-](O)(O)O)n2)n1. The molecule has 216 valence electrons. The summed E-state index contributed by atoms with van der Waals surface area (Å²) in [5.74, 6) is 0. The Morgan fingerprint density at radius 3 is 1.07 bits per heavy atom. The number of benzene rings is 2. The average molecular weight is 559 g/mol. The first-order valence-corrected chi connectivity index (χ1v) is 13.4. The monoisotopic (exact) mass is 559 g/mol. The van der Waals surface area contributed by atoms with Crippen LogP contribution in [0.3, 0.4) is 0 Å². The van der Waals surface area contributed by atoms with E-state index < -0.39 is 13.5 Å². The zero-order valence-corrected chi connectivity index (χ0v) is 22.6. The lowest BCUT2D eigenvalue weighted by Gasteiger charge is -2.25. The van der Waals surface area contributed by atoms with E-state index in [1.807, 2.05) is 36.4 Å². The minimum Gasteiger partial charge on any atom is -0.556 e. The minimum atomic E-state index is -3.57. The first-order chi connectivity index (χ1) is 19.6. The Labute approximate surface area is 238 Å². The predicted molar refractivity (Wildman–Crippen MR) is 157 cm³/mol. The summed E-state index contributed by atoms with van der Waals surface area (Å²) in [5.41, 5.74) is 4.73. The van der Waals surface area contributed by atoms with E-state index in [2.05, 4.69) is 25.9 Å². The Kier molecular flexibility index (Phi) is 10.3. The van der Waals surface area contributed by atoms with Crippen molar-refractivity contribution >= 4 is 24.4 Å². The fourth-order valence-electron chi connectivity index (χ4n) is 4.57. The number of nitrogens with zero attached hydrogens (tertiary/aromatic N) is 2. The second-order valence-corrected chi connectivity index (χ2v) is 9.92. The van der Waals surface area contributed by atoms with Crippen LogP contribution in [0.25, 0.3) is 0 Å². The van der Waals surface area contributed by atoms with Crippen LogP contribution in [-0.2, 0) is 39.3 Å². The van der Waals surface area contributed by atoms with Crippen LogP contribution in [0.5, 0.6) is 0 Å². The Balaban J connectivity index is 1.24. The summed E-state index contributed by atoms with van der Waals surface area (Å²) < 4.78 is 0. The number of nitrogens with one attached hydrogen (secondary N) is 3. The van der Waals surface area contributed by atoms with Crippen LogP contribution in [0.1, 0.15) is 33.9 Å². The smallest absolute Gasteiger partial charge is 0.402 e. The number of hydrogen-bond acceptors (Lipinski definition) is 11. The van der Waals surface area contributed by atoms with Crippen molar-refractivity contribution in [3.8, 4) is 0 Å². The van der Waals surface area contributed by atoms with E-state index in [1.165, 1.54) is 12.1 Å². The third-order valence-corrected chi connectivity index (χ3v) is 6.53. The van der Waals surface area contributed by atoms with E-state index in [0.717, 1.165) is 22.8 Å². The van der Waals surface area contributed by atoms with Crippen molar-refractivity contribution in [2.75, 3.05) is 0 Å². The second-order valence-electron chi connectivity index (χ2n) is 9.92. The minimum absolute atomic E-state index is 0.0894. The zero-order valence-electron chi connectivity index (χ0n) is 22.6. The Hall–Kier alpha value is -3.49. The average Bonchev–Trinajstić information content (AvgIpc) is 2.93. The standard InChI is InChI=1S/C28H35B2N5O6/c36-29(37,38)27-13-3-1-7-21(27)15-31-17-23-9-5-11-25(34-23)19-33-20-26-12-6-10-24(35-26)18-32-16-22-8-2-4-14-28(22)30(39,40)41/h1-14,31-33,36-41H,15-20H2/q-2. The number of pyridine rings is 2. The molecule has 0 atom stereocenters. The molecule has 41 heavy (non-hydrogen) atoms. The van der Waals surface area contributed by atoms with Gasteiger partial charge in [-0.05, 0) is 24.3 Å². The maximum atomic E-state index is 9.61. The van der Waals surface area contributed by atoms with Gasteiger partial charge in [-0.1, -0.05) is 71.8 Å². The highest BCUT2D eigenvalue weighted by atomic mass is 16.6. The molecule has 13 heteroatoms. The molecular formula is C28H35B2N5O6-2. The first-order valence-electron chi connectivity index (χ1n) is 13.4. The maximum Gasteiger partial charge on any atom is 0.402 e. The van der Waals surface area contributed by atoms with Gasteiger partial charge in [-0.2, -0.15) is 0 Å². The lowest BCUT2D eigenvalue weighted by molar-refractivity contribution is 0.247. The Morgan fingerprint density at radius 1 is 0.415 bits per heavy atom. The van der Waals surface area contributed by atoms with Crippen molar-refractivity contribution in [3.63, 3.8) is 0 Å². The summed E-state index contributed by atoms with van der Waals surface area (Å²) in [4.78, 5) is 9.33. The lowest BCUT2D eigenvalue weighted by Crippen LogP contribution is -2.50. The van der Waals surface area contributed by atoms with Crippen molar-refractivity contribution in [3.05, 3.63) is 119 Å². The van der Waals surface area contributed by atoms with E-state index >= 15 is 0 Å². The molecule has 0 radical (unpaired) electrons. The predicted octanol–water partition coefficient (Wildman–Crippen LogP) is -1.41. The molecule has 11 nitrogen and oxygen atoms in total. The van der Waals surface area contributed by atoms with E-state index in [1.54, 1.807) is 36.4 Å². The molecule has 0 aliphatic heterocycles. The topological polar surface area (TPSA) is 183 Å². The molecule has 4 rings (SSSR count). The van der Waals surface area contributed by atoms with E-state index in [9.17, 15) is 30.1 Å². The van der Waals surface area contributed by atoms with Crippen LogP contribution < -0.4 is 26.9 Å². The number of rotatable bonds is 14. The van der Waals surface area contributed by atoms with Crippen molar-refractivity contribution < 1.29 is 30.1 Å². The van der Waals surface area contributed by atoms with Gasteiger partial charge in [-0.15, -0.1) is 10.9 Å². The molecule has 2 aromatic carbocycles. The highest BCUT2D eigenvalue weighted by molar-refractivity contribution is 6.72. The van der Waals surface area contributed by atoms with Crippen LogP contribution in [-0.4, -0.2) is 53.6 Å². The van der Waals surface area contributed by atoms with Gasteiger partial charge < -0.3 is 46.1 Å². The molecule has 0 saturated heterocycles. The van der Waals surface area contributed by atoms with E-state index in [-0.39, 0.29) is 10.9 Å². The zero-order chi connectivity index (χ0) is 29.3. The summed E-state index contributed by atoms with van der Waals surface area (Å²) in [5, 5.41) is 67.5. The highest BCUT2D eigenvalue weighted by Crippen LogP contribution is 2.06. The third-order valence-electron chi connectivity index (χ3n) is 6.53. The van der Waals surface area contributed by atoms with Crippen molar-refractivity contribution in [1.82, 2.24) is 25.9 Å². The summed E-state index contributed by atoms with van der Waals surface area (Å²) in [6.07, 6.45) is 0. The third kappa shape index (κ3) is 9.26. The van der Waals surface area contributed by atoms with Crippen LogP contribution in [0, 0.1) is 0 Å². The Morgan fingerprint density at radius 2 is 0.732 bits per heavy atom. The molecule has 4 aromatic rings. The molecule has 0 saturated carbocycles. The van der Waals surface area contributed by atoms with Gasteiger partial charge in [0.1, 0.15) is 0 Å². The second kappa shape index (κ2) is 13.9. The van der Waals surface area contributed by atoms with Crippen LogP contribution in [0.4, 0.5) is 0 Å². The number of hydrogen-bond donors (Lipinski definition) is 9. The van der Waals surface area contributed by atoms with Gasteiger partial charge in [0.15, 0.2) is 0 Å². The summed E-state index contributed by atoms with van der Waals surface area (Å²) in [6.45, 7) is -4.47. The molecular weight excluding hydrogens is 524 g/mol. The summed E-state index contributed by atoms with van der Waals surface area (Å²) in [6, 6.07) is 24.7. The van der Waals surface area contributed by atoms with Crippen molar-refractivity contribution in [2.24, 2.45) is 0 Å². The van der Waals surface area contributed by atoms with Crippen molar-refractivity contribution in [2.45, 2.75) is 39.3 Å². The Bertz CT molecular complexity index is 1320. The van der Waals surface area contributed by atoms with Gasteiger partial charge in [0, 0.05) is 39.3 Å². The quantitative estimate of drug-likeness (QED) is 0.0828. The molecule has 0 bridgehead atoms. The lowest BCUT2D eigenvalue weighted by atomic mass is 9.68. The van der Waals surface area contributed by atoms with Crippen LogP contribution in [0.15, 0.2) is 84.9 Å². The van der Waals surface area contributed by atoms with E-state index in [0.29, 0.717) is 50.4 Å². The van der Waals surface area contributed by atoms with Crippen molar-refractivity contribution in [1.29, 1.82) is 0 Å². The molecule has 0 aliphatic carbocycles. The number of aromatic nitrogens is 2. The van der Waals surface area contributed by atoms with Gasteiger partial charge in [-0.25, -0.2) is 0 Å². The van der Waals surface area contributed by atoms with Crippen LogP contribution in [0.2, 0.25) is 0 Å². The normalized spacial score (nSPS) is 12.0. The molecule has 9 N–H and O–H groups in total. The molecule has 2 heterocycles. The highest BCUT2D eigenvalue weighted by Gasteiger charge is 2.21. The van der Waals surface area contributed by atoms with Gasteiger partial charge in [-0.3, -0.25) is 9.97 Å². The summed E-state index contributed by atoms with van der Waals surface area (Å²) in [7, 11) is 0. The molecule has 0 fully saturated rings. The molecule has 0 spiro atoms. The van der Waals surface area contributed by atoms with Crippen LogP contribution >= 0.6 is 0 Å². The van der Waals surface area contributed by atoms with Gasteiger partial charge in [0.2, 0.25) is 0 Å². The van der Waals surface area contributed by atoms with E-state index in [4.69, 9.17) is 0 Å². The molecule has 2 aromatic heterocycles. The molecule has 0 amide bonds. The fourth-order valence-corrected chi connectivity index (χ4v) is 4.57.